The topological polar surface area (TPSA) is 112 Å². The largest absolute Gasteiger partial charge is 0.496 e. The van der Waals surface area contributed by atoms with Gasteiger partial charge in [0.15, 0.2) is 11.5 Å². The second-order valence-electron chi connectivity index (χ2n) is 5.07. The van der Waals surface area contributed by atoms with Crippen molar-refractivity contribution in [1.82, 2.24) is 5.43 Å². The molecule has 0 spiro atoms. The fourth-order valence-electron chi connectivity index (χ4n) is 2.18. The summed E-state index contributed by atoms with van der Waals surface area (Å²) in [4.78, 5) is 22.9. The molecule has 0 saturated carbocycles. The lowest BCUT2D eigenvalue weighted by molar-refractivity contribution is -0.385. The van der Waals surface area contributed by atoms with Crippen molar-refractivity contribution < 1.29 is 23.9 Å². The predicted octanol–water partition coefficient (Wildman–Crippen LogP) is 2.99. The van der Waals surface area contributed by atoms with E-state index in [0.29, 0.717) is 17.1 Å². The van der Waals surface area contributed by atoms with Crippen LogP contribution in [-0.2, 0) is 0 Å². The third kappa shape index (κ3) is 4.84. The first-order valence-corrected chi connectivity index (χ1v) is 8.56. The first kappa shape index (κ1) is 20.4. The molecule has 0 heterocycles. The SMILES string of the molecule is COc1ccc(C(=O)N/N=C\c2cc(OC)c(OC)cc2[N+](=O)[O-])cc1I. The van der Waals surface area contributed by atoms with Crippen molar-refractivity contribution in [3.8, 4) is 17.2 Å². The molecule has 0 aliphatic carbocycles. The van der Waals surface area contributed by atoms with Gasteiger partial charge in [-0.05, 0) is 46.9 Å². The molecule has 1 N–H and O–H groups in total. The molecule has 0 saturated heterocycles. The molecule has 0 fully saturated rings. The number of nitrogens with one attached hydrogen (secondary N) is 1. The van der Waals surface area contributed by atoms with Gasteiger partial charge in [0.05, 0.1) is 47.7 Å². The average molecular weight is 485 g/mol. The summed E-state index contributed by atoms with van der Waals surface area (Å²) in [6, 6.07) is 7.53. The van der Waals surface area contributed by atoms with Crippen molar-refractivity contribution in [1.29, 1.82) is 0 Å². The highest BCUT2D eigenvalue weighted by Crippen LogP contribution is 2.33. The van der Waals surface area contributed by atoms with Gasteiger partial charge in [0.2, 0.25) is 0 Å². The zero-order chi connectivity index (χ0) is 20.0. The number of benzene rings is 2. The summed E-state index contributed by atoms with van der Waals surface area (Å²) >= 11 is 2.05. The molecular formula is C17H16IN3O6. The number of carbonyl (C=O) groups excluding carboxylic acids is 1. The van der Waals surface area contributed by atoms with Crippen LogP contribution in [-0.4, -0.2) is 38.4 Å². The van der Waals surface area contributed by atoms with E-state index in [0.717, 1.165) is 3.57 Å². The summed E-state index contributed by atoms with van der Waals surface area (Å²) in [7, 11) is 4.33. The van der Waals surface area contributed by atoms with E-state index >= 15 is 0 Å². The van der Waals surface area contributed by atoms with Gasteiger partial charge in [-0.2, -0.15) is 5.10 Å². The van der Waals surface area contributed by atoms with E-state index in [2.05, 4.69) is 10.5 Å². The van der Waals surface area contributed by atoms with E-state index in [1.807, 2.05) is 22.6 Å². The van der Waals surface area contributed by atoms with Crippen molar-refractivity contribution in [3.63, 3.8) is 0 Å². The second-order valence-corrected chi connectivity index (χ2v) is 6.23. The van der Waals surface area contributed by atoms with E-state index in [1.54, 1.807) is 18.2 Å². The number of hydrogen-bond acceptors (Lipinski definition) is 7. The summed E-state index contributed by atoms with van der Waals surface area (Å²) in [5.41, 5.74) is 2.63. The number of halogens is 1. The molecule has 27 heavy (non-hydrogen) atoms. The number of nitrogens with zero attached hydrogens (tertiary/aromatic N) is 2. The highest BCUT2D eigenvalue weighted by Gasteiger charge is 2.18. The van der Waals surface area contributed by atoms with Crippen LogP contribution in [0.4, 0.5) is 5.69 Å². The number of ether oxygens (including phenoxy) is 3. The van der Waals surface area contributed by atoms with Crippen LogP contribution in [0, 0.1) is 13.7 Å². The van der Waals surface area contributed by atoms with Gasteiger partial charge in [0, 0.05) is 5.56 Å². The highest BCUT2D eigenvalue weighted by atomic mass is 127. The van der Waals surface area contributed by atoms with E-state index < -0.39 is 10.8 Å². The summed E-state index contributed by atoms with van der Waals surface area (Å²) in [6.07, 6.45) is 1.17. The summed E-state index contributed by atoms with van der Waals surface area (Å²) in [5.74, 6) is 0.713. The minimum Gasteiger partial charge on any atom is -0.496 e. The number of amides is 1. The van der Waals surface area contributed by atoms with Crippen LogP contribution in [0.15, 0.2) is 35.4 Å². The van der Waals surface area contributed by atoms with E-state index in [9.17, 15) is 14.9 Å². The van der Waals surface area contributed by atoms with Crippen molar-refractivity contribution in [3.05, 3.63) is 55.1 Å². The van der Waals surface area contributed by atoms with Crippen molar-refractivity contribution in [2.75, 3.05) is 21.3 Å². The third-order valence-corrected chi connectivity index (χ3v) is 4.36. The third-order valence-electron chi connectivity index (χ3n) is 3.51. The van der Waals surface area contributed by atoms with Crippen LogP contribution in [0.5, 0.6) is 17.2 Å². The van der Waals surface area contributed by atoms with Crippen LogP contribution < -0.4 is 19.6 Å². The van der Waals surface area contributed by atoms with Gasteiger partial charge in [-0.1, -0.05) is 0 Å². The summed E-state index contributed by atoms with van der Waals surface area (Å²) < 4.78 is 16.1. The zero-order valence-electron chi connectivity index (χ0n) is 14.7. The van der Waals surface area contributed by atoms with Gasteiger partial charge in [0.1, 0.15) is 5.75 Å². The smallest absolute Gasteiger partial charge is 0.282 e. The maximum Gasteiger partial charge on any atom is 0.282 e. The Morgan fingerprint density at radius 2 is 1.74 bits per heavy atom. The number of hydrazone groups is 1. The Morgan fingerprint density at radius 3 is 2.30 bits per heavy atom. The minimum absolute atomic E-state index is 0.155. The fourth-order valence-corrected chi connectivity index (χ4v) is 2.91. The quantitative estimate of drug-likeness (QED) is 0.279. The Balaban J connectivity index is 2.23. The van der Waals surface area contributed by atoms with Crippen molar-refractivity contribution in [2.45, 2.75) is 0 Å². The second kappa shape index (κ2) is 9.16. The minimum atomic E-state index is -0.572. The van der Waals surface area contributed by atoms with Crippen LogP contribution in [0.2, 0.25) is 0 Å². The molecule has 0 aliphatic heterocycles. The monoisotopic (exact) mass is 485 g/mol. The molecule has 142 valence electrons. The summed E-state index contributed by atoms with van der Waals surface area (Å²) in [6.45, 7) is 0. The van der Waals surface area contributed by atoms with Gasteiger partial charge in [-0.15, -0.1) is 0 Å². The Labute approximate surface area is 168 Å². The van der Waals surface area contributed by atoms with Crippen LogP contribution in [0.1, 0.15) is 15.9 Å². The molecular weight excluding hydrogens is 469 g/mol. The van der Waals surface area contributed by atoms with Crippen molar-refractivity contribution in [2.24, 2.45) is 5.10 Å². The molecule has 0 radical (unpaired) electrons. The molecule has 0 unspecified atom stereocenters. The molecule has 10 heteroatoms. The Kier molecular flexibility index (Phi) is 6.93. The zero-order valence-corrected chi connectivity index (χ0v) is 16.8. The first-order chi connectivity index (χ1) is 12.9. The average Bonchev–Trinajstić information content (AvgIpc) is 2.66. The number of nitro benzene ring substituents is 1. The molecule has 0 bridgehead atoms. The van der Waals surface area contributed by atoms with Gasteiger partial charge in [0.25, 0.3) is 11.6 Å². The van der Waals surface area contributed by atoms with Crippen molar-refractivity contribution >= 4 is 40.4 Å². The maximum absolute atomic E-state index is 12.2. The normalized spacial score (nSPS) is 10.5. The molecule has 2 aromatic carbocycles. The lowest BCUT2D eigenvalue weighted by atomic mass is 10.1. The number of nitro groups is 1. The number of hydrogen-bond donors (Lipinski definition) is 1. The molecule has 0 aromatic heterocycles. The molecule has 0 atom stereocenters. The molecule has 2 aromatic rings. The summed E-state index contributed by atoms with van der Waals surface area (Å²) in [5, 5.41) is 15.1. The van der Waals surface area contributed by atoms with Gasteiger partial charge in [-0.3, -0.25) is 14.9 Å². The molecule has 9 nitrogen and oxygen atoms in total. The van der Waals surface area contributed by atoms with Gasteiger partial charge in [-0.25, -0.2) is 5.43 Å². The Morgan fingerprint density at radius 1 is 1.11 bits per heavy atom. The lowest BCUT2D eigenvalue weighted by Gasteiger charge is -2.08. The number of methoxy groups -OCH3 is 3. The van der Waals surface area contributed by atoms with Gasteiger partial charge >= 0.3 is 0 Å². The molecule has 1 amide bonds. The fraction of sp³-hybridized carbons (Fsp3) is 0.176. The molecule has 2 rings (SSSR count). The van der Waals surface area contributed by atoms with Crippen LogP contribution >= 0.6 is 22.6 Å². The number of rotatable bonds is 7. The van der Waals surface area contributed by atoms with Crippen LogP contribution in [0.25, 0.3) is 0 Å². The maximum atomic E-state index is 12.2. The predicted molar refractivity (Wildman–Crippen MR) is 107 cm³/mol. The van der Waals surface area contributed by atoms with E-state index in [1.165, 1.54) is 39.7 Å². The van der Waals surface area contributed by atoms with E-state index in [-0.39, 0.29) is 17.0 Å². The first-order valence-electron chi connectivity index (χ1n) is 7.48. The van der Waals surface area contributed by atoms with Gasteiger partial charge < -0.3 is 14.2 Å². The van der Waals surface area contributed by atoms with Crippen LogP contribution in [0.3, 0.4) is 0 Å². The lowest BCUT2D eigenvalue weighted by Crippen LogP contribution is -2.17. The number of carbonyl (C=O) groups is 1. The highest BCUT2D eigenvalue weighted by molar-refractivity contribution is 14.1. The van der Waals surface area contributed by atoms with E-state index in [4.69, 9.17) is 14.2 Å². The molecule has 0 aliphatic rings. The Hall–Kier alpha value is -2.89. The Bertz CT molecular complexity index is 900. The standard InChI is InChI=1S/C17H16IN3O6/c1-25-14-5-4-10(6-12(14)18)17(22)20-19-9-11-7-15(26-2)16(27-3)8-13(11)21(23)24/h4-9H,1-3H3,(H,20,22)/b19-9-.